The number of ether oxygens (including phenoxy) is 1. The van der Waals surface area contributed by atoms with Crippen molar-refractivity contribution in [1.29, 1.82) is 0 Å². The first-order chi connectivity index (χ1) is 13.1. The minimum Gasteiger partial charge on any atom is -0.382 e. The lowest BCUT2D eigenvalue weighted by molar-refractivity contribution is -0.0743. The van der Waals surface area contributed by atoms with Crippen LogP contribution < -0.4 is 5.73 Å². The molecule has 0 aromatic carbocycles. The number of morpholine rings is 1. The average Bonchev–Trinajstić information content (AvgIpc) is 3.30. The second-order valence-corrected chi connectivity index (χ2v) is 7.37. The first kappa shape index (κ1) is 18.0. The molecular weight excluding hydrogens is 346 g/mol. The van der Waals surface area contributed by atoms with Gasteiger partial charge in [-0.3, -0.25) is 14.6 Å². The summed E-state index contributed by atoms with van der Waals surface area (Å²) in [6.45, 7) is 4.03. The largest absolute Gasteiger partial charge is 0.382 e. The fraction of sp³-hybridized carbons (Fsp3) is 0.611. The molecule has 0 aliphatic carbocycles. The fourth-order valence-electron chi connectivity index (χ4n) is 4.10. The van der Waals surface area contributed by atoms with Gasteiger partial charge in [-0.1, -0.05) is 6.42 Å². The van der Waals surface area contributed by atoms with Crippen LogP contribution in [-0.4, -0.2) is 74.6 Å². The minimum absolute atomic E-state index is 0.0923. The number of rotatable bonds is 4. The van der Waals surface area contributed by atoms with Crippen molar-refractivity contribution in [2.45, 2.75) is 31.4 Å². The molecule has 4 rings (SSSR count). The van der Waals surface area contributed by atoms with E-state index in [4.69, 9.17) is 10.5 Å². The summed E-state index contributed by atoms with van der Waals surface area (Å²) in [7, 11) is 1.88. The van der Waals surface area contributed by atoms with Gasteiger partial charge in [0.1, 0.15) is 11.5 Å². The molecule has 9 nitrogen and oxygen atoms in total. The lowest BCUT2D eigenvalue weighted by Crippen LogP contribution is -2.52. The van der Waals surface area contributed by atoms with Gasteiger partial charge in [0.2, 0.25) is 0 Å². The smallest absolute Gasteiger partial charge is 0.272 e. The van der Waals surface area contributed by atoms with E-state index in [1.165, 1.54) is 19.3 Å². The van der Waals surface area contributed by atoms with E-state index in [1.807, 2.05) is 24.3 Å². The second-order valence-electron chi connectivity index (χ2n) is 7.37. The number of hydrogen-bond acceptors (Lipinski definition) is 6. The Kier molecular flexibility index (Phi) is 5.13. The van der Waals surface area contributed by atoms with Crippen molar-refractivity contribution in [2.75, 3.05) is 38.5 Å². The quantitative estimate of drug-likeness (QED) is 0.821. The van der Waals surface area contributed by atoms with Crippen LogP contribution in [0.4, 0.5) is 5.82 Å². The highest BCUT2D eigenvalue weighted by Crippen LogP contribution is 2.31. The number of carbonyl (C=O) groups excluding carboxylic acids is 1. The molecule has 2 aliphatic heterocycles. The number of H-pyrrole nitrogens is 1. The first-order valence-corrected chi connectivity index (χ1v) is 9.56. The van der Waals surface area contributed by atoms with Crippen LogP contribution in [0.2, 0.25) is 0 Å². The van der Waals surface area contributed by atoms with Gasteiger partial charge in [0.05, 0.1) is 24.9 Å². The molecule has 146 valence electrons. The maximum absolute atomic E-state index is 13.1. The Morgan fingerprint density at radius 3 is 2.81 bits per heavy atom. The van der Waals surface area contributed by atoms with E-state index in [0.29, 0.717) is 24.7 Å². The van der Waals surface area contributed by atoms with Crippen molar-refractivity contribution in [3.63, 3.8) is 0 Å². The van der Waals surface area contributed by atoms with Gasteiger partial charge in [0, 0.05) is 38.0 Å². The number of aromatic amines is 1. The maximum Gasteiger partial charge on any atom is 0.272 e. The number of nitrogen functional groups attached to an aromatic ring is 1. The number of nitrogens with zero attached hydrogens (tertiary/aromatic N) is 5. The lowest BCUT2D eigenvalue weighted by Gasteiger charge is -2.43. The molecule has 0 radical (unpaired) electrons. The number of nitrogens with two attached hydrogens (primary N) is 1. The molecule has 0 bridgehead atoms. The summed E-state index contributed by atoms with van der Waals surface area (Å²) >= 11 is 0. The van der Waals surface area contributed by atoms with Crippen molar-refractivity contribution < 1.29 is 9.53 Å². The van der Waals surface area contributed by atoms with Crippen molar-refractivity contribution >= 4 is 11.7 Å². The van der Waals surface area contributed by atoms with Crippen LogP contribution in [0.5, 0.6) is 0 Å². The standard InChI is InChI=1S/C18H27N7O2/c1-23-11-13(10-20-23)17-15(12-24-5-3-2-4-6-24)27-8-7-25(17)18(26)14-9-16(19)22-21-14/h9-11,15,17H,2-8,12H2,1H3,(H3,19,21,22)/t15-,17-/m0/s1. The SMILES string of the molecule is Cn1cc([C@H]2[C@H](CN3CCCCC3)OCCN2C(=O)c2cc(N)n[nH]2)cn1. The van der Waals surface area contributed by atoms with E-state index in [0.717, 1.165) is 25.2 Å². The van der Waals surface area contributed by atoms with Crippen LogP contribution in [0.15, 0.2) is 18.5 Å². The highest BCUT2D eigenvalue weighted by molar-refractivity contribution is 5.93. The van der Waals surface area contributed by atoms with Crippen molar-refractivity contribution in [1.82, 2.24) is 29.8 Å². The summed E-state index contributed by atoms with van der Waals surface area (Å²) in [5.41, 5.74) is 7.08. The van der Waals surface area contributed by atoms with E-state index < -0.39 is 0 Å². The third-order valence-corrected chi connectivity index (χ3v) is 5.39. The summed E-state index contributed by atoms with van der Waals surface area (Å²) in [4.78, 5) is 17.5. The van der Waals surface area contributed by atoms with Crippen molar-refractivity contribution in [3.05, 3.63) is 29.7 Å². The van der Waals surface area contributed by atoms with Gasteiger partial charge in [-0.2, -0.15) is 10.2 Å². The zero-order valence-corrected chi connectivity index (χ0v) is 15.7. The van der Waals surface area contributed by atoms with Crippen LogP contribution in [0.3, 0.4) is 0 Å². The van der Waals surface area contributed by atoms with Gasteiger partial charge >= 0.3 is 0 Å². The normalized spacial score (nSPS) is 24.3. The Hall–Kier alpha value is -2.39. The predicted molar refractivity (Wildman–Crippen MR) is 100 cm³/mol. The zero-order valence-electron chi connectivity index (χ0n) is 15.7. The predicted octanol–water partition coefficient (Wildman–Crippen LogP) is 0.794. The van der Waals surface area contributed by atoms with Crippen LogP contribution >= 0.6 is 0 Å². The van der Waals surface area contributed by atoms with E-state index in [9.17, 15) is 4.79 Å². The maximum atomic E-state index is 13.1. The summed E-state index contributed by atoms with van der Waals surface area (Å²) in [5.74, 6) is 0.203. The molecule has 2 aliphatic rings. The third-order valence-electron chi connectivity index (χ3n) is 5.39. The lowest BCUT2D eigenvalue weighted by atomic mass is 9.99. The Labute approximate surface area is 158 Å². The molecule has 4 heterocycles. The number of nitrogens with one attached hydrogen (secondary N) is 1. The van der Waals surface area contributed by atoms with Gasteiger partial charge in [0.25, 0.3) is 5.91 Å². The molecule has 9 heteroatoms. The van der Waals surface area contributed by atoms with E-state index in [1.54, 1.807) is 10.7 Å². The summed E-state index contributed by atoms with van der Waals surface area (Å²) in [6, 6.07) is 1.39. The number of carbonyl (C=O) groups is 1. The Morgan fingerprint density at radius 1 is 1.33 bits per heavy atom. The van der Waals surface area contributed by atoms with Gasteiger partial charge in [-0.05, 0) is 25.9 Å². The molecule has 2 atom stereocenters. The minimum atomic E-state index is -0.189. The number of amides is 1. The Balaban J connectivity index is 1.61. The zero-order chi connectivity index (χ0) is 18.8. The number of likely N-dealkylation sites (tertiary alicyclic amines) is 1. The molecule has 3 N–H and O–H groups in total. The van der Waals surface area contributed by atoms with Crippen LogP contribution in [0.25, 0.3) is 0 Å². The molecule has 2 fully saturated rings. The monoisotopic (exact) mass is 373 g/mol. The summed E-state index contributed by atoms with van der Waals surface area (Å²) in [6.07, 6.45) is 7.43. The third kappa shape index (κ3) is 3.84. The first-order valence-electron chi connectivity index (χ1n) is 9.56. The van der Waals surface area contributed by atoms with E-state index >= 15 is 0 Å². The van der Waals surface area contributed by atoms with Gasteiger partial charge in [-0.25, -0.2) is 0 Å². The topological polar surface area (TPSA) is 105 Å². The molecule has 2 saturated heterocycles. The second kappa shape index (κ2) is 7.69. The summed E-state index contributed by atoms with van der Waals surface area (Å²) in [5, 5.41) is 10.9. The molecule has 2 aromatic heterocycles. The van der Waals surface area contributed by atoms with Crippen LogP contribution in [-0.2, 0) is 11.8 Å². The number of hydrogen-bond donors (Lipinski definition) is 2. The number of piperidine rings is 1. The number of aryl methyl sites for hydroxylation is 1. The van der Waals surface area contributed by atoms with Crippen LogP contribution in [0.1, 0.15) is 41.4 Å². The van der Waals surface area contributed by atoms with Gasteiger partial charge in [0.15, 0.2) is 0 Å². The van der Waals surface area contributed by atoms with Crippen molar-refractivity contribution in [3.8, 4) is 0 Å². The molecular formula is C18H27N7O2. The van der Waals surface area contributed by atoms with Gasteiger partial charge in [-0.15, -0.1) is 0 Å². The highest BCUT2D eigenvalue weighted by Gasteiger charge is 2.39. The molecule has 0 unspecified atom stereocenters. The van der Waals surface area contributed by atoms with E-state index in [-0.39, 0.29) is 18.1 Å². The van der Waals surface area contributed by atoms with Crippen LogP contribution in [0, 0.1) is 0 Å². The molecule has 1 amide bonds. The molecule has 0 saturated carbocycles. The Morgan fingerprint density at radius 2 is 2.15 bits per heavy atom. The van der Waals surface area contributed by atoms with Gasteiger partial charge < -0.3 is 20.3 Å². The highest BCUT2D eigenvalue weighted by atomic mass is 16.5. The number of anilines is 1. The molecule has 2 aromatic rings. The molecule has 0 spiro atoms. The van der Waals surface area contributed by atoms with Crippen molar-refractivity contribution in [2.24, 2.45) is 7.05 Å². The molecule has 27 heavy (non-hydrogen) atoms. The Bertz CT molecular complexity index is 780. The van der Waals surface area contributed by atoms with E-state index in [2.05, 4.69) is 20.2 Å². The fourth-order valence-corrected chi connectivity index (χ4v) is 4.10. The average molecular weight is 373 g/mol. The number of aromatic nitrogens is 4. The summed E-state index contributed by atoms with van der Waals surface area (Å²) < 4.78 is 7.92.